The van der Waals surface area contributed by atoms with Crippen molar-refractivity contribution in [3.05, 3.63) is 101 Å². The molecule has 3 aromatic rings. The Bertz CT molecular complexity index is 1370. The Kier molecular flexibility index (Phi) is 12.9. The van der Waals surface area contributed by atoms with Gasteiger partial charge in [-0.05, 0) is 54.3 Å². The molecule has 11 heteroatoms. The van der Waals surface area contributed by atoms with Crippen LogP contribution < -0.4 is 10.8 Å². The highest BCUT2D eigenvalue weighted by molar-refractivity contribution is 5.76. The summed E-state index contributed by atoms with van der Waals surface area (Å²) in [5.41, 5.74) is 5.76. The molecule has 0 aliphatic carbocycles. The number of hydrogen-bond acceptors (Lipinski definition) is 9. The van der Waals surface area contributed by atoms with Crippen molar-refractivity contribution >= 4 is 11.8 Å². The van der Waals surface area contributed by atoms with Crippen LogP contribution in [0.5, 0.6) is 5.75 Å². The molecular weight excluding hydrogens is 578 g/mol. The van der Waals surface area contributed by atoms with Gasteiger partial charge in [0.1, 0.15) is 5.75 Å². The number of aromatic hydroxyl groups is 1. The predicted octanol–water partition coefficient (Wildman–Crippen LogP) is 3.78. The third-order valence-corrected chi connectivity index (χ3v) is 7.79. The Hall–Kier alpha value is -3.84. The van der Waals surface area contributed by atoms with E-state index in [-0.39, 0.29) is 36.9 Å². The molecule has 0 aromatic heterocycles. The van der Waals surface area contributed by atoms with Gasteiger partial charge in [-0.1, -0.05) is 60.7 Å². The summed E-state index contributed by atoms with van der Waals surface area (Å²) in [7, 11) is 1.92. The molecule has 4 rings (SSSR count). The van der Waals surface area contributed by atoms with Crippen molar-refractivity contribution in [3.8, 4) is 5.75 Å². The van der Waals surface area contributed by atoms with Crippen LogP contribution >= 0.6 is 0 Å². The summed E-state index contributed by atoms with van der Waals surface area (Å²) in [6, 6.07) is 22.0. The second kappa shape index (κ2) is 17.0. The zero-order valence-corrected chi connectivity index (χ0v) is 25.5. The van der Waals surface area contributed by atoms with Crippen LogP contribution in [-0.4, -0.2) is 63.5 Å². The normalized spacial score (nSPS) is 18.8. The van der Waals surface area contributed by atoms with Crippen LogP contribution in [0.2, 0.25) is 0 Å². The summed E-state index contributed by atoms with van der Waals surface area (Å²) >= 11 is 0. The van der Waals surface area contributed by atoms with Crippen molar-refractivity contribution in [3.63, 3.8) is 0 Å². The lowest BCUT2D eigenvalue weighted by atomic mass is 9.99. The number of amides is 2. The Morgan fingerprint density at radius 2 is 1.60 bits per heavy atom. The molecule has 1 aliphatic rings. The molecule has 4 atom stereocenters. The molecule has 0 bridgehead atoms. The van der Waals surface area contributed by atoms with E-state index >= 15 is 0 Å². The maximum atomic E-state index is 12.2. The van der Waals surface area contributed by atoms with E-state index in [1.807, 2.05) is 60.5 Å². The van der Waals surface area contributed by atoms with Crippen LogP contribution in [0.4, 0.5) is 0 Å². The maximum absolute atomic E-state index is 12.2. The summed E-state index contributed by atoms with van der Waals surface area (Å²) in [6.07, 6.45) is 0.224. The molecule has 11 nitrogen and oxygen atoms in total. The van der Waals surface area contributed by atoms with E-state index in [1.165, 1.54) is 0 Å². The van der Waals surface area contributed by atoms with Gasteiger partial charge in [0.2, 0.25) is 11.8 Å². The van der Waals surface area contributed by atoms with Crippen molar-refractivity contribution in [2.24, 2.45) is 0 Å². The van der Waals surface area contributed by atoms with Gasteiger partial charge in [-0.3, -0.25) is 14.8 Å². The number of rotatable bonds is 15. The molecule has 3 aromatic carbocycles. The van der Waals surface area contributed by atoms with E-state index in [1.54, 1.807) is 29.7 Å². The zero-order chi connectivity index (χ0) is 32.2. The van der Waals surface area contributed by atoms with Crippen LogP contribution in [0.3, 0.4) is 0 Å². The summed E-state index contributed by atoms with van der Waals surface area (Å²) < 4.78 is 12.9. The lowest BCUT2D eigenvalue weighted by Crippen LogP contribution is -2.39. The number of nitrogens with zero attached hydrogens (tertiary/aromatic N) is 1. The van der Waals surface area contributed by atoms with E-state index < -0.39 is 18.3 Å². The molecule has 1 heterocycles. The molecular formula is C34H43N3O8. The van der Waals surface area contributed by atoms with Crippen molar-refractivity contribution in [2.75, 3.05) is 20.1 Å². The third kappa shape index (κ3) is 10.6. The number of nitrogens with one attached hydrogen (secondary N) is 2. The predicted molar refractivity (Wildman–Crippen MR) is 166 cm³/mol. The number of ether oxygens (including phenoxy) is 2. The van der Waals surface area contributed by atoms with E-state index in [0.717, 1.165) is 22.3 Å². The Morgan fingerprint density at radius 3 is 2.27 bits per heavy atom. The minimum absolute atomic E-state index is 0.0391. The van der Waals surface area contributed by atoms with E-state index in [9.17, 15) is 24.9 Å². The molecule has 45 heavy (non-hydrogen) atoms. The minimum atomic E-state index is -0.777. The van der Waals surface area contributed by atoms with Gasteiger partial charge in [0.15, 0.2) is 6.29 Å². The maximum Gasteiger partial charge on any atom is 0.243 e. The topological polar surface area (TPSA) is 161 Å². The number of hydrogen-bond donors (Lipinski definition) is 6. The van der Waals surface area contributed by atoms with Crippen LogP contribution in [0.15, 0.2) is 72.8 Å². The van der Waals surface area contributed by atoms with Gasteiger partial charge in [0.05, 0.1) is 24.9 Å². The van der Waals surface area contributed by atoms with Gasteiger partial charge in [-0.2, -0.15) is 0 Å². The standard InChI is InChI=1S/C34H43N3O8/c1-37(21-30(40)27-5-4-6-28(39)17-27)20-29-18-31(25-13-11-24(22-38)12-14-25)45-34(44-29)26-15-9-23(10-16-26)19-35-32(41)7-2-3-8-33(42)36-43/h4-6,9-17,29-31,34,38-40,43H,2-3,7-8,18-22H2,1H3,(H,35,41)(H,36,42)/t29-,30-,31+,34+/m1/s1. The van der Waals surface area contributed by atoms with Gasteiger partial charge in [-0.15, -0.1) is 0 Å². The molecule has 242 valence electrons. The van der Waals surface area contributed by atoms with E-state index in [2.05, 4.69) is 5.32 Å². The summed E-state index contributed by atoms with van der Waals surface area (Å²) in [5, 5.41) is 41.4. The SMILES string of the molecule is CN(C[C@H]1C[C@@H](c2ccc(CO)cc2)O[C@@H](c2ccc(CNC(=O)CCCCC(=O)NO)cc2)O1)C[C@@H](O)c1cccc(O)c1. The highest BCUT2D eigenvalue weighted by atomic mass is 16.7. The van der Waals surface area contributed by atoms with Crippen molar-refractivity contribution in [1.82, 2.24) is 15.7 Å². The molecule has 0 saturated carbocycles. The average molecular weight is 622 g/mol. The van der Waals surface area contributed by atoms with Gasteiger partial charge in [0.25, 0.3) is 0 Å². The smallest absolute Gasteiger partial charge is 0.243 e. The Labute approximate surface area is 263 Å². The fraction of sp³-hybridized carbons (Fsp3) is 0.412. The first-order chi connectivity index (χ1) is 21.7. The van der Waals surface area contributed by atoms with Crippen LogP contribution in [-0.2, 0) is 32.2 Å². The second-order valence-corrected chi connectivity index (χ2v) is 11.4. The fourth-order valence-electron chi connectivity index (χ4n) is 5.30. The van der Waals surface area contributed by atoms with Gasteiger partial charge >= 0.3 is 0 Å². The molecule has 1 aliphatic heterocycles. The van der Waals surface area contributed by atoms with Gasteiger partial charge < -0.3 is 35.0 Å². The highest BCUT2D eigenvalue weighted by Crippen LogP contribution is 2.38. The molecule has 0 unspecified atom stereocenters. The Balaban J connectivity index is 1.37. The van der Waals surface area contributed by atoms with Gasteiger partial charge in [0, 0.05) is 44.5 Å². The molecule has 0 radical (unpaired) electrons. The number of hydroxylamine groups is 1. The quantitative estimate of drug-likeness (QED) is 0.0843. The molecule has 1 saturated heterocycles. The molecule has 6 N–H and O–H groups in total. The first kappa shape index (κ1) is 34.0. The van der Waals surface area contributed by atoms with Gasteiger partial charge in [-0.25, -0.2) is 5.48 Å². The number of benzene rings is 3. The second-order valence-electron chi connectivity index (χ2n) is 11.4. The largest absolute Gasteiger partial charge is 0.508 e. The number of carbonyl (C=O) groups excluding carboxylic acids is 2. The molecule has 1 fully saturated rings. The van der Waals surface area contributed by atoms with Crippen molar-refractivity contribution in [1.29, 1.82) is 0 Å². The first-order valence-corrected chi connectivity index (χ1v) is 15.2. The number of phenols is 1. The fourth-order valence-corrected chi connectivity index (χ4v) is 5.30. The number of unbranched alkanes of at least 4 members (excludes halogenated alkanes) is 1. The number of carbonyl (C=O) groups is 2. The lowest BCUT2D eigenvalue weighted by Gasteiger charge is -2.38. The summed E-state index contributed by atoms with van der Waals surface area (Å²) in [6.45, 7) is 1.21. The first-order valence-electron chi connectivity index (χ1n) is 15.2. The molecule has 2 amide bonds. The summed E-state index contributed by atoms with van der Waals surface area (Å²) in [5.74, 6) is -0.469. The van der Waals surface area contributed by atoms with Crippen LogP contribution in [0.1, 0.15) is 78.4 Å². The highest BCUT2D eigenvalue weighted by Gasteiger charge is 2.33. The zero-order valence-electron chi connectivity index (χ0n) is 25.5. The van der Waals surface area contributed by atoms with Crippen LogP contribution in [0, 0.1) is 0 Å². The van der Waals surface area contributed by atoms with Crippen molar-refractivity contribution < 1.29 is 39.6 Å². The number of phenolic OH excluding ortho intramolecular Hbond substituents is 1. The lowest BCUT2D eigenvalue weighted by molar-refractivity contribution is -0.252. The average Bonchev–Trinajstić information content (AvgIpc) is 3.05. The monoisotopic (exact) mass is 621 g/mol. The number of aliphatic hydroxyl groups is 2. The number of likely N-dealkylation sites (N-methyl/N-ethyl adjacent to an activating group) is 1. The molecule has 0 spiro atoms. The van der Waals surface area contributed by atoms with Crippen molar-refractivity contribution in [2.45, 2.75) is 69.9 Å². The Morgan fingerprint density at radius 1 is 0.933 bits per heavy atom. The van der Waals surface area contributed by atoms with Crippen LogP contribution in [0.25, 0.3) is 0 Å². The number of aliphatic hydroxyl groups excluding tert-OH is 2. The summed E-state index contributed by atoms with van der Waals surface area (Å²) in [4.78, 5) is 25.3. The third-order valence-electron chi connectivity index (χ3n) is 7.79. The van der Waals surface area contributed by atoms with E-state index in [4.69, 9.17) is 14.7 Å². The minimum Gasteiger partial charge on any atom is -0.508 e. The van der Waals surface area contributed by atoms with E-state index in [0.29, 0.717) is 50.9 Å².